The van der Waals surface area contributed by atoms with Crippen molar-refractivity contribution in [1.82, 2.24) is 5.32 Å². The van der Waals surface area contributed by atoms with Gasteiger partial charge >= 0.3 is 5.97 Å². The maximum absolute atomic E-state index is 12.3. The first-order valence-corrected chi connectivity index (χ1v) is 6.79. The molecule has 0 spiro atoms. The van der Waals surface area contributed by atoms with Gasteiger partial charge in [0.2, 0.25) is 5.91 Å². The van der Waals surface area contributed by atoms with E-state index in [1.165, 1.54) is 0 Å². The number of carbonyl (C=O) groups excluding carboxylic acids is 1. The number of para-hydroxylation sites is 1. The first kappa shape index (κ1) is 14.4. The number of carboxylic acids is 1. The number of fused-ring (bicyclic) bond motifs is 1. The Bertz CT molecular complexity index is 514. The zero-order chi connectivity index (χ0) is 14.7. The summed E-state index contributed by atoms with van der Waals surface area (Å²) in [6, 6.07) is 6.48. The summed E-state index contributed by atoms with van der Waals surface area (Å²) < 4.78 is 5.45. The molecule has 3 atom stereocenters. The van der Waals surface area contributed by atoms with E-state index in [9.17, 15) is 14.7 Å². The number of aliphatic carboxylic acids is 1. The molecule has 5 heteroatoms. The predicted molar refractivity (Wildman–Crippen MR) is 73.7 cm³/mol. The van der Waals surface area contributed by atoms with E-state index < -0.39 is 17.9 Å². The minimum atomic E-state index is -1.00. The fourth-order valence-corrected chi connectivity index (χ4v) is 2.32. The average Bonchev–Trinajstić information content (AvgIpc) is 2.87. The van der Waals surface area contributed by atoms with Crippen molar-refractivity contribution in [3.05, 3.63) is 29.8 Å². The predicted octanol–water partition coefficient (Wildman–Crippen LogP) is 1.78. The lowest BCUT2D eigenvalue weighted by Gasteiger charge is -2.21. The fourth-order valence-electron chi connectivity index (χ4n) is 2.32. The molecule has 1 aromatic carbocycles. The number of carbonyl (C=O) groups is 2. The van der Waals surface area contributed by atoms with Gasteiger partial charge < -0.3 is 15.2 Å². The van der Waals surface area contributed by atoms with Crippen molar-refractivity contribution >= 4 is 11.9 Å². The summed E-state index contributed by atoms with van der Waals surface area (Å²) in [5, 5.41) is 11.8. The van der Waals surface area contributed by atoms with Crippen LogP contribution in [0.15, 0.2) is 24.3 Å². The van der Waals surface area contributed by atoms with Gasteiger partial charge in [0, 0.05) is 5.56 Å². The smallest absolute Gasteiger partial charge is 0.326 e. The molecule has 20 heavy (non-hydrogen) atoms. The average molecular weight is 277 g/mol. The van der Waals surface area contributed by atoms with E-state index in [0.29, 0.717) is 12.2 Å². The largest absolute Gasteiger partial charge is 0.492 e. The first-order valence-electron chi connectivity index (χ1n) is 6.79. The summed E-state index contributed by atoms with van der Waals surface area (Å²) >= 11 is 0. The molecule has 5 nitrogen and oxygen atoms in total. The lowest BCUT2D eigenvalue weighted by atomic mass is 9.96. The van der Waals surface area contributed by atoms with Crippen molar-refractivity contribution < 1.29 is 19.4 Å². The highest BCUT2D eigenvalue weighted by Gasteiger charge is 2.33. The molecule has 0 saturated carbocycles. The highest BCUT2D eigenvalue weighted by molar-refractivity contribution is 5.89. The Labute approximate surface area is 117 Å². The molecule has 2 N–H and O–H groups in total. The van der Waals surface area contributed by atoms with E-state index in [1.54, 1.807) is 0 Å². The molecule has 2 unspecified atom stereocenters. The molecule has 1 aliphatic rings. The number of ether oxygens (including phenoxy) is 1. The molecular formula is C15H19NO4. The van der Waals surface area contributed by atoms with Crippen LogP contribution < -0.4 is 10.1 Å². The Kier molecular flexibility index (Phi) is 4.27. The van der Waals surface area contributed by atoms with Crippen molar-refractivity contribution in [2.24, 2.45) is 5.92 Å². The SMILES string of the molecule is CCC(C)[C@H](NC(=O)C1COc2ccccc21)C(=O)O. The Hall–Kier alpha value is -2.04. The van der Waals surface area contributed by atoms with Gasteiger partial charge in [-0.05, 0) is 12.0 Å². The van der Waals surface area contributed by atoms with Gasteiger partial charge in [-0.2, -0.15) is 0 Å². The van der Waals surface area contributed by atoms with Gasteiger partial charge in [-0.15, -0.1) is 0 Å². The molecule has 0 fully saturated rings. The fraction of sp³-hybridized carbons (Fsp3) is 0.467. The molecule has 1 aromatic rings. The lowest BCUT2D eigenvalue weighted by molar-refractivity contribution is -0.143. The Morgan fingerprint density at radius 1 is 1.45 bits per heavy atom. The summed E-state index contributed by atoms with van der Waals surface area (Å²) in [6.45, 7) is 3.98. The number of rotatable bonds is 5. The van der Waals surface area contributed by atoms with Crippen molar-refractivity contribution in [3.8, 4) is 5.75 Å². The van der Waals surface area contributed by atoms with E-state index >= 15 is 0 Å². The third kappa shape index (κ3) is 2.76. The van der Waals surface area contributed by atoms with Gasteiger partial charge in [-0.25, -0.2) is 4.79 Å². The molecule has 108 valence electrons. The number of amides is 1. The maximum atomic E-state index is 12.3. The van der Waals surface area contributed by atoms with Crippen LogP contribution in [0.25, 0.3) is 0 Å². The van der Waals surface area contributed by atoms with Crippen LogP contribution in [0.4, 0.5) is 0 Å². The molecule has 0 bridgehead atoms. The molecule has 1 aliphatic heterocycles. The number of carboxylic acid groups (broad SMARTS) is 1. The topological polar surface area (TPSA) is 75.6 Å². The van der Waals surface area contributed by atoms with Crippen LogP contribution in [0.5, 0.6) is 5.75 Å². The summed E-state index contributed by atoms with van der Waals surface area (Å²) in [5.74, 6) is -1.14. The summed E-state index contributed by atoms with van der Waals surface area (Å²) in [4.78, 5) is 23.5. The minimum Gasteiger partial charge on any atom is -0.492 e. The van der Waals surface area contributed by atoms with Crippen LogP contribution in [0.2, 0.25) is 0 Å². The number of hydrogen-bond acceptors (Lipinski definition) is 3. The monoisotopic (exact) mass is 277 g/mol. The van der Waals surface area contributed by atoms with Crippen LogP contribution in [0.1, 0.15) is 31.7 Å². The first-order chi connectivity index (χ1) is 9.54. The summed E-state index contributed by atoms with van der Waals surface area (Å²) in [5.41, 5.74) is 0.818. The zero-order valence-electron chi connectivity index (χ0n) is 11.6. The van der Waals surface area contributed by atoms with Crippen LogP contribution in [-0.4, -0.2) is 29.6 Å². The minimum absolute atomic E-state index is 0.117. The molecule has 0 aliphatic carbocycles. The number of benzene rings is 1. The second-order valence-corrected chi connectivity index (χ2v) is 5.11. The van der Waals surface area contributed by atoms with Crippen molar-refractivity contribution in [1.29, 1.82) is 0 Å². The van der Waals surface area contributed by atoms with E-state index in [0.717, 1.165) is 5.56 Å². The van der Waals surface area contributed by atoms with Gasteiger partial charge in [-0.3, -0.25) is 4.79 Å². The molecular weight excluding hydrogens is 258 g/mol. The van der Waals surface area contributed by atoms with E-state index in [-0.39, 0.29) is 18.4 Å². The lowest BCUT2D eigenvalue weighted by Crippen LogP contribution is -2.47. The normalized spacial score (nSPS) is 19.6. The molecule has 0 aromatic heterocycles. The van der Waals surface area contributed by atoms with E-state index in [4.69, 9.17) is 4.74 Å². The third-order valence-electron chi connectivity index (χ3n) is 3.79. The number of hydrogen-bond donors (Lipinski definition) is 2. The van der Waals surface area contributed by atoms with Gasteiger partial charge in [0.05, 0.1) is 0 Å². The second kappa shape index (κ2) is 5.94. The zero-order valence-corrected chi connectivity index (χ0v) is 11.6. The molecule has 1 heterocycles. The Morgan fingerprint density at radius 3 is 2.80 bits per heavy atom. The standard InChI is InChI=1S/C15H19NO4/c1-3-9(2)13(15(18)19)16-14(17)11-8-20-12-7-5-4-6-10(11)12/h4-7,9,11,13H,3,8H2,1-2H3,(H,16,17)(H,18,19)/t9?,11?,13-/m0/s1. The van der Waals surface area contributed by atoms with Gasteiger partial charge in [0.25, 0.3) is 0 Å². The van der Waals surface area contributed by atoms with Gasteiger partial charge in [0.1, 0.15) is 24.3 Å². The van der Waals surface area contributed by atoms with Crippen LogP contribution >= 0.6 is 0 Å². The van der Waals surface area contributed by atoms with E-state index in [2.05, 4.69) is 5.32 Å². The van der Waals surface area contributed by atoms with Crippen molar-refractivity contribution in [2.75, 3.05) is 6.61 Å². The number of nitrogens with one attached hydrogen (secondary N) is 1. The highest BCUT2D eigenvalue weighted by Crippen LogP contribution is 2.33. The second-order valence-electron chi connectivity index (χ2n) is 5.11. The molecule has 0 saturated heterocycles. The Balaban J connectivity index is 2.11. The summed E-state index contributed by atoms with van der Waals surface area (Å²) in [6.07, 6.45) is 0.689. The van der Waals surface area contributed by atoms with E-state index in [1.807, 2.05) is 38.1 Å². The van der Waals surface area contributed by atoms with Crippen LogP contribution in [0, 0.1) is 5.92 Å². The van der Waals surface area contributed by atoms with Crippen molar-refractivity contribution in [2.45, 2.75) is 32.2 Å². The third-order valence-corrected chi connectivity index (χ3v) is 3.79. The van der Waals surface area contributed by atoms with Gasteiger partial charge in [0.15, 0.2) is 0 Å². The van der Waals surface area contributed by atoms with Gasteiger partial charge in [-0.1, -0.05) is 38.5 Å². The van der Waals surface area contributed by atoms with Crippen molar-refractivity contribution in [3.63, 3.8) is 0 Å². The molecule has 1 amide bonds. The van der Waals surface area contributed by atoms with Crippen LogP contribution in [0.3, 0.4) is 0 Å². The summed E-state index contributed by atoms with van der Waals surface area (Å²) in [7, 11) is 0. The maximum Gasteiger partial charge on any atom is 0.326 e. The molecule has 0 radical (unpaired) electrons. The van der Waals surface area contributed by atoms with Crippen LogP contribution in [-0.2, 0) is 9.59 Å². The highest BCUT2D eigenvalue weighted by atomic mass is 16.5. The molecule has 2 rings (SSSR count). The Morgan fingerprint density at radius 2 is 2.15 bits per heavy atom. The quantitative estimate of drug-likeness (QED) is 0.860.